The summed E-state index contributed by atoms with van der Waals surface area (Å²) in [5.74, 6) is 0.176. The molecule has 0 saturated carbocycles. The van der Waals surface area contributed by atoms with Gasteiger partial charge in [0, 0.05) is 12.0 Å². The molecule has 0 aliphatic heterocycles. The van der Waals surface area contributed by atoms with Gasteiger partial charge in [-0.1, -0.05) is 6.07 Å². The number of ketones is 1. The third-order valence-corrected chi connectivity index (χ3v) is 2.27. The van der Waals surface area contributed by atoms with Crippen LogP contribution < -0.4 is 4.74 Å². The Morgan fingerprint density at radius 3 is 3.00 bits per heavy atom. The number of rotatable bonds is 1. The maximum Gasteiger partial charge on any atom is 0.197 e. The van der Waals surface area contributed by atoms with Crippen LogP contribution in [0.2, 0.25) is 0 Å². The molecular formula is C10H9FO2. The predicted octanol–water partition coefficient (Wildman–Crippen LogP) is 1.77. The standard InChI is InChI=1S/C10H9FO2/c1-13-7-3-2-6-4-9(11)10(12)8(6)5-7/h2-3,5,9H,4H2,1H3/t9-/m1/s1. The monoisotopic (exact) mass is 180 g/mol. The fourth-order valence-electron chi connectivity index (χ4n) is 1.54. The first kappa shape index (κ1) is 8.23. The number of carbonyl (C=O) groups is 1. The van der Waals surface area contributed by atoms with Crippen molar-refractivity contribution in [1.29, 1.82) is 0 Å². The minimum absolute atomic E-state index is 0.207. The van der Waals surface area contributed by atoms with E-state index in [0.717, 1.165) is 5.56 Å². The van der Waals surface area contributed by atoms with Gasteiger partial charge in [-0.3, -0.25) is 4.79 Å². The molecule has 13 heavy (non-hydrogen) atoms. The maximum atomic E-state index is 13.0. The van der Waals surface area contributed by atoms with Crippen molar-refractivity contribution in [3.05, 3.63) is 29.3 Å². The third kappa shape index (κ3) is 1.20. The lowest BCUT2D eigenvalue weighted by Gasteiger charge is -2.01. The summed E-state index contributed by atoms with van der Waals surface area (Å²) < 4.78 is 17.9. The van der Waals surface area contributed by atoms with Crippen molar-refractivity contribution in [2.45, 2.75) is 12.6 Å². The molecule has 0 amide bonds. The average molecular weight is 180 g/mol. The molecule has 0 saturated heterocycles. The molecule has 0 bridgehead atoms. The number of hydrogen-bond acceptors (Lipinski definition) is 2. The summed E-state index contributed by atoms with van der Waals surface area (Å²) in [5.41, 5.74) is 1.24. The number of Topliss-reactive ketones (excluding diaryl/α,β-unsaturated/α-hetero) is 1. The zero-order valence-electron chi connectivity index (χ0n) is 7.21. The number of ether oxygens (including phenoxy) is 1. The molecule has 2 nitrogen and oxygen atoms in total. The van der Waals surface area contributed by atoms with Crippen molar-refractivity contribution in [3.8, 4) is 5.75 Å². The van der Waals surface area contributed by atoms with Crippen LogP contribution in [-0.2, 0) is 6.42 Å². The first-order valence-electron chi connectivity index (χ1n) is 4.07. The van der Waals surface area contributed by atoms with E-state index in [4.69, 9.17) is 4.74 Å². The lowest BCUT2D eigenvalue weighted by Crippen LogP contribution is -2.08. The van der Waals surface area contributed by atoms with E-state index in [1.807, 2.05) is 0 Å². The number of methoxy groups -OCH3 is 1. The number of benzene rings is 1. The smallest absolute Gasteiger partial charge is 0.197 e. The first-order valence-corrected chi connectivity index (χ1v) is 4.07. The Hall–Kier alpha value is -1.38. The molecule has 1 aliphatic carbocycles. The highest BCUT2D eigenvalue weighted by Gasteiger charge is 2.30. The Morgan fingerprint density at radius 2 is 2.31 bits per heavy atom. The molecule has 0 fully saturated rings. The summed E-state index contributed by atoms with van der Waals surface area (Å²) in [4.78, 5) is 11.2. The minimum atomic E-state index is -1.36. The summed E-state index contributed by atoms with van der Waals surface area (Å²) in [7, 11) is 1.52. The molecule has 0 spiro atoms. The number of carbonyl (C=O) groups excluding carboxylic acids is 1. The Morgan fingerprint density at radius 1 is 1.54 bits per heavy atom. The van der Waals surface area contributed by atoms with E-state index in [-0.39, 0.29) is 6.42 Å². The molecule has 0 N–H and O–H groups in total. The molecular weight excluding hydrogens is 171 g/mol. The van der Waals surface area contributed by atoms with Gasteiger partial charge >= 0.3 is 0 Å². The van der Waals surface area contributed by atoms with Crippen molar-refractivity contribution in [2.24, 2.45) is 0 Å². The van der Waals surface area contributed by atoms with Crippen LogP contribution in [0.4, 0.5) is 4.39 Å². The summed E-state index contributed by atoms with van der Waals surface area (Å²) >= 11 is 0. The first-order chi connectivity index (χ1) is 6.22. The molecule has 1 atom stereocenters. The van der Waals surface area contributed by atoms with Gasteiger partial charge in [0.25, 0.3) is 0 Å². The minimum Gasteiger partial charge on any atom is -0.497 e. The van der Waals surface area contributed by atoms with Crippen LogP contribution in [0.15, 0.2) is 18.2 Å². The van der Waals surface area contributed by atoms with Crippen molar-refractivity contribution in [2.75, 3.05) is 7.11 Å². The molecule has 0 aromatic heterocycles. The lowest BCUT2D eigenvalue weighted by atomic mass is 10.1. The Kier molecular flexibility index (Phi) is 1.79. The number of halogens is 1. The number of hydrogen-bond donors (Lipinski definition) is 0. The Bertz CT molecular complexity index is 360. The van der Waals surface area contributed by atoms with Gasteiger partial charge in [0.15, 0.2) is 12.0 Å². The van der Waals surface area contributed by atoms with Crippen LogP contribution >= 0.6 is 0 Å². The van der Waals surface area contributed by atoms with Crippen molar-refractivity contribution in [3.63, 3.8) is 0 Å². The van der Waals surface area contributed by atoms with E-state index < -0.39 is 12.0 Å². The quantitative estimate of drug-likeness (QED) is 0.658. The second kappa shape index (κ2) is 2.83. The zero-order valence-corrected chi connectivity index (χ0v) is 7.21. The zero-order chi connectivity index (χ0) is 9.42. The molecule has 0 radical (unpaired) electrons. The van der Waals surface area contributed by atoms with Crippen LogP contribution in [-0.4, -0.2) is 19.1 Å². The molecule has 68 valence electrons. The molecule has 2 rings (SSSR count). The fraction of sp³-hybridized carbons (Fsp3) is 0.300. The second-order valence-electron chi connectivity index (χ2n) is 3.06. The SMILES string of the molecule is COc1ccc2c(c1)C(=O)[C@H](F)C2. The molecule has 1 aromatic rings. The maximum absolute atomic E-state index is 13.0. The van der Waals surface area contributed by atoms with Gasteiger partial charge in [-0.05, 0) is 17.7 Å². The number of fused-ring (bicyclic) bond motifs is 1. The van der Waals surface area contributed by atoms with E-state index in [1.54, 1.807) is 18.2 Å². The van der Waals surface area contributed by atoms with Crippen LogP contribution in [0.25, 0.3) is 0 Å². The molecule has 1 aliphatic rings. The van der Waals surface area contributed by atoms with Gasteiger partial charge in [0.1, 0.15) is 5.75 Å². The molecule has 1 aromatic carbocycles. The van der Waals surface area contributed by atoms with Gasteiger partial charge < -0.3 is 4.74 Å². The average Bonchev–Trinajstić information content (AvgIpc) is 2.43. The van der Waals surface area contributed by atoms with Crippen LogP contribution in [0, 0.1) is 0 Å². The van der Waals surface area contributed by atoms with Crippen LogP contribution in [0.5, 0.6) is 5.75 Å². The molecule has 3 heteroatoms. The van der Waals surface area contributed by atoms with E-state index in [2.05, 4.69) is 0 Å². The van der Waals surface area contributed by atoms with Crippen LogP contribution in [0.1, 0.15) is 15.9 Å². The Balaban J connectivity index is 2.48. The molecule has 0 heterocycles. The third-order valence-electron chi connectivity index (χ3n) is 2.27. The van der Waals surface area contributed by atoms with E-state index in [9.17, 15) is 9.18 Å². The lowest BCUT2D eigenvalue weighted by molar-refractivity contribution is 0.0899. The highest BCUT2D eigenvalue weighted by atomic mass is 19.1. The van der Waals surface area contributed by atoms with Crippen molar-refractivity contribution >= 4 is 5.78 Å². The predicted molar refractivity (Wildman–Crippen MR) is 45.9 cm³/mol. The van der Waals surface area contributed by atoms with Crippen LogP contribution in [0.3, 0.4) is 0 Å². The van der Waals surface area contributed by atoms with E-state index in [0.29, 0.717) is 11.3 Å². The van der Waals surface area contributed by atoms with Crippen molar-refractivity contribution < 1.29 is 13.9 Å². The highest BCUT2D eigenvalue weighted by Crippen LogP contribution is 2.27. The summed E-state index contributed by atoms with van der Waals surface area (Å²) in [6.45, 7) is 0. The summed E-state index contributed by atoms with van der Waals surface area (Å²) in [6, 6.07) is 5.08. The summed E-state index contributed by atoms with van der Waals surface area (Å²) in [6.07, 6.45) is -1.15. The van der Waals surface area contributed by atoms with E-state index in [1.165, 1.54) is 7.11 Å². The van der Waals surface area contributed by atoms with Gasteiger partial charge in [-0.25, -0.2) is 4.39 Å². The topological polar surface area (TPSA) is 26.3 Å². The highest BCUT2D eigenvalue weighted by molar-refractivity contribution is 6.04. The number of alkyl halides is 1. The fourth-order valence-corrected chi connectivity index (χ4v) is 1.54. The largest absolute Gasteiger partial charge is 0.497 e. The Labute approximate surface area is 75.3 Å². The molecule has 0 unspecified atom stereocenters. The van der Waals surface area contributed by atoms with Gasteiger partial charge in [-0.15, -0.1) is 0 Å². The van der Waals surface area contributed by atoms with Gasteiger partial charge in [0.2, 0.25) is 0 Å². The van der Waals surface area contributed by atoms with Crippen molar-refractivity contribution in [1.82, 2.24) is 0 Å². The van der Waals surface area contributed by atoms with Gasteiger partial charge in [-0.2, -0.15) is 0 Å². The summed E-state index contributed by atoms with van der Waals surface area (Å²) in [5, 5.41) is 0. The van der Waals surface area contributed by atoms with E-state index >= 15 is 0 Å². The van der Waals surface area contributed by atoms with Gasteiger partial charge in [0.05, 0.1) is 7.11 Å². The normalized spacial score (nSPS) is 20.2. The second-order valence-corrected chi connectivity index (χ2v) is 3.06.